The van der Waals surface area contributed by atoms with Crippen LogP contribution in [0.1, 0.15) is 23.8 Å². The van der Waals surface area contributed by atoms with Crippen LogP contribution in [0, 0.1) is 0 Å². The number of aryl methyl sites for hydroxylation is 1. The van der Waals surface area contributed by atoms with Crippen molar-refractivity contribution in [2.45, 2.75) is 13.3 Å². The van der Waals surface area contributed by atoms with Crippen molar-refractivity contribution < 1.29 is 9.21 Å². The Morgan fingerprint density at radius 1 is 1.30 bits per heavy atom. The third-order valence-electron chi connectivity index (χ3n) is 3.30. The van der Waals surface area contributed by atoms with Crippen molar-refractivity contribution in [3.8, 4) is 0 Å². The molecule has 23 heavy (non-hydrogen) atoms. The fraction of sp³-hybridized carbons (Fsp3) is 0.118. The van der Waals surface area contributed by atoms with Crippen LogP contribution in [0.3, 0.4) is 0 Å². The lowest BCUT2D eigenvalue weighted by atomic mass is 10.1. The number of rotatable bonds is 4. The summed E-state index contributed by atoms with van der Waals surface area (Å²) in [7, 11) is 0. The van der Waals surface area contributed by atoms with Gasteiger partial charge in [0.15, 0.2) is 4.32 Å². The number of carbonyl (C=O) groups excluding carboxylic acids is 1. The summed E-state index contributed by atoms with van der Waals surface area (Å²) in [6, 6.07) is 11.6. The van der Waals surface area contributed by atoms with Crippen molar-refractivity contribution in [2.75, 3.05) is 0 Å². The maximum absolute atomic E-state index is 12.4. The molecule has 0 radical (unpaired) electrons. The molecule has 0 unspecified atom stereocenters. The molecule has 4 nitrogen and oxygen atoms in total. The first-order chi connectivity index (χ1) is 11.2. The number of furan rings is 1. The summed E-state index contributed by atoms with van der Waals surface area (Å²) in [6.45, 7) is 2.11. The highest BCUT2D eigenvalue weighted by Crippen LogP contribution is 2.32. The molecule has 0 aliphatic carbocycles. The predicted molar refractivity (Wildman–Crippen MR) is 97.1 cm³/mol. The van der Waals surface area contributed by atoms with Gasteiger partial charge in [-0.05, 0) is 41.9 Å². The van der Waals surface area contributed by atoms with E-state index in [1.807, 2.05) is 24.3 Å². The molecule has 1 aliphatic heterocycles. The fourth-order valence-corrected chi connectivity index (χ4v) is 3.18. The first-order valence-electron chi connectivity index (χ1n) is 7.12. The summed E-state index contributed by atoms with van der Waals surface area (Å²) < 4.78 is 5.63. The molecule has 0 N–H and O–H groups in total. The summed E-state index contributed by atoms with van der Waals surface area (Å²) in [6.07, 6.45) is 5.86. The highest BCUT2D eigenvalue weighted by atomic mass is 32.2. The third kappa shape index (κ3) is 3.60. The van der Waals surface area contributed by atoms with Crippen molar-refractivity contribution in [1.29, 1.82) is 0 Å². The van der Waals surface area contributed by atoms with Gasteiger partial charge in [-0.15, -0.1) is 0 Å². The Balaban J connectivity index is 1.76. The van der Waals surface area contributed by atoms with Crippen molar-refractivity contribution in [2.24, 2.45) is 5.10 Å². The van der Waals surface area contributed by atoms with Crippen LogP contribution in [0.15, 0.2) is 57.1 Å². The maximum Gasteiger partial charge on any atom is 0.286 e. The average Bonchev–Trinajstić information content (AvgIpc) is 3.16. The number of thiocarbonyl (C=S) groups is 1. The van der Waals surface area contributed by atoms with Gasteiger partial charge < -0.3 is 4.42 Å². The van der Waals surface area contributed by atoms with E-state index in [1.165, 1.54) is 22.3 Å². The van der Waals surface area contributed by atoms with E-state index in [4.69, 9.17) is 16.6 Å². The normalized spacial score (nSPS) is 16.9. The Morgan fingerprint density at radius 2 is 2.09 bits per heavy atom. The molecule has 2 heterocycles. The Bertz CT molecular complexity index is 777. The molecule has 0 spiro atoms. The number of nitrogens with zero attached hydrogens (tertiary/aromatic N) is 2. The lowest BCUT2D eigenvalue weighted by Crippen LogP contribution is -2.22. The van der Waals surface area contributed by atoms with Gasteiger partial charge in [0.2, 0.25) is 0 Å². The van der Waals surface area contributed by atoms with Gasteiger partial charge in [0.1, 0.15) is 5.76 Å². The molecule has 6 heteroatoms. The summed E-state index contributed by atoms with van der Waals surface area (Å²) >= 11 is 6.44. The summed E-state index contributed by atoms with van der Waals surface area (Å²) in [5.41, 5.74) is 2.18. The van der Waals surface area contributed by atoms with E-state index in [2.05, 4.69) is 12.0 Å². The lowest BCUT2D eigenvalue weighted by Gasteiger charge is -2.06. The minimum absolute atomic E-state index is 0.238. The van der Waals surface area contributed by atoms with Crippen LogP contribution in [0.4, 0.5) is 0 Å². The largest absolute Gasteiger partial charge is 0.465 e. The first kappa shape index (κ1) is 15.7. The van der Waals surface area contributed by atoms with Gasteiger partial charge in [0.25, 0.3) is 5.91 Å². The van der Waals surface area contributed by atoms with Crippen LogP contribution in [0.5, 0.6) is 0 Å². The first-order valence-corrected chi connectivity index (χ1v) is 8.34. The third-order valence-corrected chi connectivity index (χ3v) is 4.58. The number of hydrazone groups is 1. The van der Waals surface area contributed by atoms with Crippen molar-refractivity contribution in [3.63, 3.8) is 0 Å². The Morgan fingerprint density at radius 3 is 2.74 bits per heavy atom. The highest BCUT2D eigenvalue weighted by Gasteiger charge is 2.32. The Kier molecular flexibility index (Phi) is 4.73. The number of thioether (sulfide) groups is 1. The average molecular weight is 342 g/mol. The number of hydrogen-bond donors (Lipinski definition) is 0. The molecule has 0 saturated carbocycles. The molecule has 1 saturated heterocycles. The minimum Gasteiger partial charge on any atom is -0.465 e. The maximum atomic E-state index is 12.4. The van der Waals surface area contributed by atoms with Crippen molar-refractivity contribution >= 4 is 46.5 Å². The smallest absolute Gasteiger partial charge is 0.286 e. The molecular weight excluding hydrogens is 328 g/mol. The summed E-state index contributed by atoms with van der Waals surface area (Å²) in [5.74, 6) is 0.377. The monoisotopic (exact) mass is 342 g/mol. The van der Waals surface area contributed by atoms with E-state index in [9.17, 15) is 4.79 Å². The molecule has 0 atom stereocenters. The lowest BCUT2D eigenvalue weighted by molar-refractivity contribution is -0.122. The van der Waals surface area contributed by atoms with Crippen LogP contribution in [0.2, 0.25) is 0 Å². The summed E-state index contributed by atoms with van der Waals surface area (Å²) in [4.78, 5) is 12.9. The SMILES string of the molecule is CCc1ccc(/C=N/N2C(=O)/C(=C\c3ccco3)SC2=S)cc1. The predicted octanol–water partition coefficient (Wildman–Crippen LogP) is 4.08. The molecule has 0 bridgehead atoms. The molecule has 3 rings (SSSR count). The molecule has 1 amide bonds. The Labute approximate surface area is 143 Å². The second kappa shape index (κ2) is 6.93. The molecule has 2 aromatic rings. The van der Waals surface area contributed by atoms with Gasteiger partial charge in [-0.3, -0.25) is 4.79 Å². The van der Waals surface area contributed by atoms with E-state index >= 15 is 0 Å². The van der Waals surface area contributed by atoms with E-state index in [0.29, 0.717) is 15.0 Å². The van der Waals surface area contributed by atoms with Crippen molar-refractivity contribution in [1.82, 2.24) is 5.01 Å². The molecular formula is C17H14N2O2S2. The standard InChI is InChI=1S/C17H14N2O2S2/c1-2-12-5-7-13(8-6-12)11-18-19-16(20)15(23-17(19)22)10-14-4-3-9-21-14/h3-11H,2H2,1H3/b15-10+,18-11+. The Hall–Kier alpha value is -2.18. The van der Waals surface area contributed by atoms with Gasteiger partial charge in [0.05, 0.1) is 17.4 Å². The van der Waals surface area contributed by atoms with Crippen LogP contribution in [-0.4, -0.2) is 21.5 Å². The molecule has 1 fully saturated rings. The number of hydrogen-bond acceptors (Lipinski definition) is 5. The number of benzene rings is 1. The molecule has 1 aromatic carbocycles. The zero-order chi connectivity index (χ0) is 16.2. The van der Waals surface area contributed by atoms with E-state index in [-0.39, 0.29) is 5.91 Å². The number of carbonyl (C=O) groups is 1. The zero-order valence-electron chi connectivity index (χ0n) is 12.4. The molecule has 1 aromatic heterocycles. The van der Waals surface area contributed by atoms with Gasteiger partial charge in [0, 0.05) is 6.08 Å². The van der Waals surface area contributed by atoms with E-state index in [1.54, 1.807) is 30.7 Å². The van der Waals surface area contributed by atoms with Gasteiger partial charge >= 0.3 is 0 Å². The quantitative estimate of drug-likeness (QED) is 0.477. The topological polar surface area (TPSA) is 45.8 Å². The van der Waals surface area contributed by atoms with Crippen LogP contribution < -0.4 is 0 Å². The summed E-state index contributed by atoms with van der Waals surface area (Å²) in [5, 5.41) is 5.45. The van der Waals surface area contributed by atoms with Crippen LogP contribution in [-0.2, 0) is 11.2 Å². The molecule has 116 valence electrons. The second-order valence-corrected chi connectivity index (χ2v) is 6.52. The van der Waals surface area contributed by atoms with Gasteiger partial charge in [-0.2, -0.15) is 10.1 Å². The van der Waals surface area contributed by atoms with Crippen molar-refractivity contribution in [3.05, 3.63) is 64.5 Å². The minimum atomic E-state index is -0.238. The van der Waals surface area contributed by atoms with E-state index < -0.39 is 0 Å². The van der Waals surface area contributed by atoms with Gasteiger partial charge in [-0.1, -0.05) is 43.0 Å². The van der Waals surface area contributed by atoms with Gasteiger partial charge in [-0.25, -0.2) is 0 Å². The van der Waals surface area contributed by atoms with E-state index in [0.717, 1.165) is 12.0 Å². The van der Waals surface area contributed by atoms with Crippen LogP contribution >= 0.6 is 24.0 Å². The molecule has 1 aliphatic rings. The van der Waals surface area contributed by atoms with Crippen LogP contribution in [0.25, 0.3) is 6.08 Å². The number of amides is 1. The second-order valence-electron chi connectivity index (χ2n) is 4.85. The fourth-order valence-electron chi connectivity index (χ4n) is 2.03. The highest BCUT2D eigenvalue weighted by molar-refractivity contribution is 8.26. The zero-order valence-corrected chi connectivity index (χ0v) is 14.1.